The van der Waals surface area contributed by atoms with Crippen LogP contribution in [0.5, 0.6) is 5.75 Å². The lowest BCUT2D eigenvalue weighted by Gasteiger charge is -2.04. The predicted molar refractivity (Wildman–Crippen MR) is 50.4 cm³/mol. The molecule has 0 aromatic heterocycles. The molecule has 0 unspecified atom stereocenters. The first-order valence-corrected chi connectivity index (χ1v) is 4.59. The van der Waals surface area contributed by atoms with Gasteiger partial charge in [-0.3, -0.25) is 0 Å². The molecule has 1 aromatic rings. The topological polar surface area (TPSA) is 9.23 Å². The lowest BCUT2D eigenvalue weighted by molar-refractivity contribution is 0.414. The van der Waals surface area contributed by atoms with E-state index in [4.69, 9.17) is 4.74 Å². The normalized spacial score (nSPS) is 9.73. The molecule has 1 nitrogen and oxygen atoms in total. The summed E-state index contributed by atoms with van der Waals surface area (Å²) in [7, 11) is 1.68. The van der Waals surface area contributed by atoms with E-state index >= 15 is 0 Å². The van der Waals surface area contributed by atoms with Crippen molar-refractivity contribution in [2.24, 2.45) is 0 Å². The molecule has 2 heteroatoms. The molecule has 0 saturated heterocycles. The van der Waals surface area contributed by atoms with Crippen LogP contribution in [-0.4, -0.2) is 7.11 Å². The van der Waals surface area contributed by atoms with Gasteiger partial charge >= 0.3 is 0 Å². The van der Waals surface area contributed by atoms with Gasteiger partial charge in [-0.25, -0.2) is 0 Å². The van der Waals surface area contributed by atoms with E-state index in [1.807, 2.05) is 12.1 Å². The molecule has 0 atom stereocenters. The third-order valence-corrected chi connectivity index (χ3v) is 2.30. The van der Waals surface area contributed by atoms with Crippen molar-refractivity contribution in [1.29, 1.82) is 0 Å². The second kappa shape index (κ2) is 3.77. The van der Waals surface area contributed by atoms with Gasteiger partial charge in [-0.15, -0.1) is 0 Å². The summed E-state index contributed by atoms with van der Waals surface area (Å²) < 4.78 is 5.08. The molecule has 1 rings (SSSR count). The lowest BCUT2D eigenvalue weighted by atomic mass is 10.1. The second-order valence-corrected chi connectivity index (χ2v) is 2.99. The molecule has 0 heterocycles. The molecule has 60 valence electrons. The number of halogens is 1. The number of benzene rings is 1. The van der Waals surface area contributed by atoms with Crippen molar-refractivity contribution in [3.05, 3.63) is 29.3 Å². The summed E-state index contributed by atoms with van der Waals surface area (Å²) in [5.74, 6) is 0.923. The van der Waals surface area contributed by atoms with E-state index in [0.717, 1.165) is 11.1 Å². The van der Waals surface area contributed by atoms with Crippen molar-refractivity contribution < 1.29 is 4.74 Å². The van der Waals surface area contributed by atoms with Gasteiger partial charge in [0, 0.05) is 5.33 Å². The number of hydrogen-bond acceptors (Lipinski definition) is 1. The maximum Gasteiger partial charge on any atom is 0.119 e. The van der Waals surface area contributed by atoms with Gasteiger partial charge in [-0.1, -0.05) is 22.0 Å². The average Bonchev–Trinajstić information content (AvgIpc) is 2.04. The van der Waals surface area contributed by atoms with Crippen LogP contribution in [0.15, 0.2) is 18.2 Å². The molecule has 1 aromatic carbocycles. The van der Waals surface area contributed by atoms with Gasteiger partial charge in [0.2, 0.25) is 0 Å². The van der Waals surface area contributed by atoms with Gasteiger partial charge in [0.1, 0.15) is 5.75 Å². The second-order valence-electron chi connectivity index (χ2n) is 2.43. The fourth-order valence-electron chi connectivity index (χ4n) is 0.945. The van der Waals surface area contributed by atoms with Crippen LogP contribution < -0.4 is 4.74 Å². The lowest BCUT2D eigenvalue weighted by Crippen LogP contribution is -1.87. The largest absolute Gasteiger partial charge is 0.497 e. The number of hydrogen-bond donors (Lipinski definition) is 0. The molecule has 0 radical (unpaired) electrons. The Morgan fingerprint density at radius 3 is 2.64 bits per heavy atom. The zero-order valence-corrected chi connectivity index (χ0v) is 8.31. The maximum absolute atomic E-state index is 5.08. The molecule has 0 N–H and O–H groups in total. The van der Waals surface area contributed by atoms with Crippen LogP contribution in [0.25, 0.3) is 0 Å². The van der Waals surface area contributed by atoms with Gasteiger partial charge < -0.3 is 4.74 Å². The first kappa shape index (κ1) is 8.60. The number of ether oxygens (including phenoxy) is 1. The van der Waals surface area contributed by atoms with Crippen LogP contribution >= 0.6 is 15.9 Å². The van der Waals surface area contributed by atoms with E-state index in [2.05, 4.69) is 28.9 Å². The summed E-state index contributed by atoms with van der Waals surface area (Å²) in [6.07, 6.45) is 0. The van der Waals surface area contributed by atoms with Gasteiger partial charge in [0.25, 0.3) is 0 Å². The standard InChI is InChI=1S/C9H11BrO/c1-7-5-9(11-2)4-3-8(7)6-10/h3-5H,6H2,1-2H3. The van der Waals surface area contributed by atoms with Crippen molar-refractivity contribution in [2.45, 2.75) is 12.3 Å². The Bertz CT molecular complexity index is 245. The van der Waals surface area contributed by atoms with Gasteiger partial charge in [-0.05, 0) is 30.2 Å². The predicted octanol–water partition coefficient (Wildman–Crippen LogP) is 2.90. The fraction of sp³-hybridized carbons (Fsp3) is 0.333. The van der Waals surface area contributed by atoms with Crippen LogP contribution in [-0.2, 0) is 5.33 Å². The Labute approximate surface area is 75.5 Å². The van der Waals surface area contributed by atoms with Crippen LogP contribution in [0.1, 0.15) is 11.1 Å². The SMILES string of the molecule is COc1ccc(CBr)c(C)c1. The number of rotatable bonds is 2. The third-order valence-electron chi connectivity index (χ3n) is 1.69. The molecule has 0 aliphatic carbocycles. The molecule has 0 aliphatic heterocycles. The average molecular weight is 215 g/mol. The summed E-state index contributed by atoms with van der Waals surface area (Å²) in [6.45, 7) is 2.08. The Morgan fingerprint density at radius 1 is 1.45 bits per heavy atom. The van der Waals surface area contributed by atoms with E-state index in [0.29, 0.717) is 0 Å². The minimum Gasteiger partial charge on any atom is -0.497 e. The number of methoxy groups -OCH3 is 1. The van der Waals surface area contributed by atoms with Crippen LogP contribution in [0.2, 0.25) is 0 Å². The zero-order valence-electron chi connectivity index (χ0n) is 6.73. The molecule has 0 fully saturated rings. The highest BCUT2D eigenvalue weighted by atomic mass is 79.9. The molecule has 0 spiro atoms. The van der Waals surface area contributed by atoms with E-state index in [1.54, 1.807) is 7.11 Å². The van der Waals surface area contributed by atoms with Gasteiger partial charge in [0.15, 0.2) is 0 Å². The first-order valence-electron chi connectivity index (χ1n) is 3.47. The molecule has 11 heavy (non-hydrogen) atoms. The van der Waals surface area contributed by atoms with E-state index in [1.165, 1.54) is 11.1 Å². The molecule has 0 saturated carbocycles. The number of alkyl halides is 1. The first-order chi connectivity index (χ1) is 5.27. The minimum absolute atomic E-state index is 0.906. The van der Waals surface area contributed by atoms with E-state index in [-0.39, 0.29) is 0 Å². The van der Waals surface area contributed by atoms with E-state index < -0.39 is 0 Å². The molecule has 0 aliphatic rings. The summed E-state index contributed by atoms with van der Waals surface area (Å²) >= 11 is 3.41. The summed E-state index contributed by atoms with van der Waals surface area (Å²) in [6, 6.07) is 6.09. The van der Waals surface area contributed by atoms with Crippen molar-refractivity contribution in [3.63, 3.8) is 0 Å². The Balaban J connectivity index is 2.99. The Kier molecular flexibility index (Phi) is 2.94. The van der Waals surface area contributed by atoms with Crippen molar-refractivity contribution in [3.8, 4) is 5.75 Å². The summed E-state index contributed by atoms with van der Waals surface area (Å²) in [5, 5.41) is 0.906. The van der Waals surface area contributed by atoms with Crippen molar-refractivity contribution >= 4 is 15.9 Å². The van der Waals surface area contributed by atoms with Gasteiger partial charge in [0.05, 0.1) is 7.11 Å². The van der Waals surface area contributed by atoms with Crippen LogP contribution in [0.4, 0.5) is 0 Å². The summed E-state index contributed by atoms with van der Waals surface area (Å²) in [5.41, 5.74) is 2.58. The molecule has 0 bridgehead atoms. The highest BCUT2D eigenvalue weighted by Gasteiger charge is 1.97. The Morgan fingerprint density at radius 2 is 2.18 bits per heavy atom. The van der Waals surface area contributed by atoms with Crippen LogP contribution in [0.3, 0.4) is 0 Å². The van der Waals surface area contributed by atoms with Gasteiger partial charge in [-0.2, -0.15) is 0 Å². The minimum atomic E-state index is 0.906. The highest BCUT2D eigenvalue weighted by molar-refractivity contribution is 9.08. The van der Waals surface area contributed by atoms with Crippen molar-refractivity contribution in [1.82, 2.24) is 0 Å². The summed E-state index contributed by atoms with van der Waals surface area (Å²) in [4.78, 5) is 0. The van der Waals surface area contributed by atoms with E-state index in [9.17, 15) is 0 Å². The van der Waals surface area contributed by atoms with Crippen LogP contribution in [0, 0.1) is 6.92 Å². The molecular formula is C9H11BrO. The van der Waals surface area contributed by atoms with Crippen molar-refractivity contribution in [2.75, 3.05) is 7.11 Å². The zero-order chi connectivity index (χ0) is 8.27. The third kappa shape index (κ3) is 1.96. The smallest absolute Gasteiger partial charge is 0.119 e. The molecular weight excluding hydrogens is 204 g/mol. The fourth-order valence-corrected chi connectivity index (χ4v) is 1.57. The highest BCUT2D eigenvalue weighted by Crippen LogP contribution is 2.18. The number of aryl methyl sites for hydroxylation is 1. The quantitative estimate of drug-likeness (QED) is 0.689. The Hall–Kier alpha value is -0.500. The monoisotopic (exact) mass is 214 g/mol. The molecule has 0 amide bonds. The maximum atomic E-state index is 5.08.